The van der Waals surface area contributed by atoms with Gasteiger partial charge in [-0.2, -0.15) is 5.10 Å². The topological polar surface area (TPSA) is 66.8 Å². The average Bonchev–Trinajstić information content (AvgIpc) is 3.14. The van der Waals surface area contributed by atoms with Crippen LogP contribution in [-0.2, 0) is 18.3 Å². The molecule has 6 nitrogen and oxygen atoms in total. The average molecular weight is 301 g/mol. The van der Waals surface area contributed by atoms with Crippen molar-refractivity contribution < 1.29 is 4.79 Å². The lowest BCUT2D eigenvalue weighted by Gasteiger charge is -2.24. The van der Waals surface area contributed by atoms with E-state index in [0.29, 0.717) is 6.42 Å². The van der Waals surface area contributed by atoms with Gasteiger partial charge in [0.15, 0.2) is 0 Å². The Morgan fingerprint density at radius 3 is 2.77 bits per heavy atom. The van der Waals surface area contributed by atoms with Crippen molar-refractivity contribution in [3.63, 3.8) is 0 Å². The maximum atomic E-state index is 12.8. The summed E-state index contributed by atoms with van der Waals surface area (Å²) in [6, 6.07) is 0.0960. The molecule has 0 spiro atoms. The maximum Gasteiger partial charge on any atom is 0.227 e. The summed E-state index contributed by atoms with van der Waals surface area (Å²) in [5.74, 6) is 1.15. The van der Waals surface area contributed by atoms with Crippen LogP contribution in [0, 0.1) is 20.8 Å². The van der Waals surface area contributed by atoms with Crippen LogP contribution in [0.5, 0.6) is 0 Å². The van der Waals surface area contributed by atoms with Crippen LogP contribution in [0.25, 0.3) is 0 Å². The minimum absolute atomic E-state index is 0.0960. The minimum atomic E-state index is 0.0960. The molecule has 3 heterocycles. The first kappa shape index (κ1) is 14.8. The summed E-state index contributed by atoms with van der Waals surface area (Å²) in [6.45, 7) is 6.70. The lowest BCUT2D eigenvalue weighted by molar-refractivity contribution is -0.131. The number of carbonyl (C=O) groups is 1. The smallest absolute Gasteiger partial charge is 0.227 e. The molecule has 1 fully saturated rings. The van der Waals surface area contributed by atoms with E-state index in [4.69, 9.17) is 0 Å². The summed E-state index contributed by atoms with van der Waals surface area (Å²) in [7, 11) is 2.00. The number of hydrogen-bond donors (Lipinski definition) is 1. The number of hydrogen-bond acceptors (Lipinski definition) is 3. The van der Waals surface area contributed by atoms with Crippen molar-refractivity contribution in [3.05, 3.63) is 34.7 Å². The molecule has 1 amide bonds. The zero-order valence-electron chi connectivity index (χ0n) is 13.7. The highest BCUT2D eigenvalue weighted by molar-refractivity contribution is 5.80. The lowest BCUT2D eigenvalue weighted by Crippen LogP contribution is -2.33. The molecule has 22 heavy (non-hydrogen) atoms. The summed E-state index contributed by atoms with van der Waals surface area (Å²) in [6.07, 6.45) is 4.44. The summed E-state index contributed by atoms with van der Waals surface area (Å²) in [5, 5.41) is 7.13. The standard InChI is InChI=1S/C16H23N5O/c1-10-9-20(4)16(17-10)14-6-5-7-21(14)15(22)8-13-11(2)18-19-12(13)3/h9,14H,5-8H2,1-4H3,(H,18,19)/t14-/m1/s1. The number of nitrogens with zero attached hydrogens (tertiary/aromatic N) is 4. The third-order valence-electron chi connectivity index (χ3n) is 4.51. The van der Waals surface area contributed by atoms with Crippen molar-refractivity contribution in [1.82, 2.24) is 24.6 Å². The number of rotatable bonds is 3. The SMILES string of the molecule is Cc1cn(C)c([C@H]2CCCN2C(=O)Cc2c(C)n[nH]c2C)n1. The van der Waals surface area contributed by atoms with E-state index in [1.54, 1.807) is 0 Å². The predicted molar refractivity (Wildman–Crippen MR) is 83.4 cm³/mol. The zero-order valence-corrected chi connectivity index (χ0v) is 13.7. The molecule has 0 aromatic carbocycles. The minimum Gasteiger partial charge on any atom is -0.336 e. The zero-order chi connectivity index (χ0) is 15.9. The van der Waals surface area contributed by atoms with Crippen LogP contribution < -0.4 is 0 Å². The lowest BCUT2D eigenvalue weighted by atomic mass is 10.1. The molecule has 0 radical (unpaired) electrons. The summed E-state index contributed by atoms with van der Waals surface area (Å²) in [4.78, 5) is 19.4. The number of aromatic nitrogens is 4. The molecule has 1 aliphatic rings. The van der Waals surface area contributed by atoms with Gasteiger partial charge >= 0.3 is 0 Å². The fourth-order valence-electron chi connectivity index (χ4n) is 3.37. The quantitative estimate of drug-likeness (QED) is 0.942. The fourth-order valence-corrected chi connectivity index (χ4v) is 3.37. The molecule has 0 saturated carbocycles. The van der Waals surface area contributed by atoms with Crippen LogP contribution >= 0.6 is 0 Å². The molecular weight excluding hydrogens is 278 g/mol. The predicted octanol–water partition coefficient (Wildman–Crippen LogP) is 1.97. The number of nitrogens with one attached hydrogen (secondary N) is 1. The van der Waals surface area contributed by atoms with E-state index in [9.17, 15) is 4.79 Å². The second-order valence-corrected chi connectivity index (χ2v) is 6.19. The number of likely N-dealkylation sites (tertiary alicyclic amines) is 1. The summed E-state index contributed by atoms with van der Waals surface area (Å²) in [5.41, 5.74) is 3.91. The van der Waals surface area contributed by atoms with Gasteiger partial charge in [0.05, 0.1) is 23.9 Å². The van der Waals surface area contributed by atoms with E-state index in [2.05, 4.69) is 15.2 Å². The highest BCUT2D eigenvalue weighted by Gasteiger charge is 2.33. The summed E-state index contributed by atoms with van der Waals surface area (Å²) < 4.78 is 2.04. The molecule has 2 aromatic rings. The molecule has 6 heteroatoms. The van der Waals surface area contributed by atoms with Gasteiger partial charge in [-0.3, -0.25) is 9.89 Å². The maximum absolute atomic E-state index is 12.8. The second kappa shape index (κ2) is 5.59. The van der Waals surface area contributed by atoms with Crippen molar-refractivity contribution in [2.45, 2.75) is 46.1 Å². The fraction of sp³-hybridized carbons (Fsp3) is 0.562. The van der Waals surface area contributed by atoms with Gasteiger partial charge < -0.3 is 9.47 Å². The Morgan fingerprint density at radius 1 is 1.41 bits per heavy atom. The van der Waals surface area contributed by atoms with E-state index in [1.807, 2.05) is 43.5 Å². The van der Waals surface area contributed by atoms with Crippen molar-refractivity contribution in [2.24, 2.45) is 7.05 Å². The number of aryl methyl sites for hydroxylation is 4. The van der Waals surface area contributed by atoms with Crippen LogP contribution in [0.4, 0.5) is 0 Å². The van der Waals surface area contributed by atoms with Crippen LogP contribution in [0.15, 0.2) is 6.20 Å². The number of imidazole rings is 1. The first-order chi connectivity index (χ1) is 10.5. The Kier molecular flexibility index (Phi) is 3.76. The number of H-pyrrole nitrogens is 1. The van der Waals surface area contributed by atoms with Gasteiger partial charge in [-0.25, -0.2) is 4.98 Å². The van der Waals surface area contributed by atoms with Crippen LogP contribution in [0.1, 0.15) is 47.4 Å². The molecule has 0 bridgehead atoms. The van der Waals surface area contributed by atoms with E-state index in [-0.39, 0.29) is 11.9 Å². The van der Waals surface area contributed by atoms with Gasteiger partial charge in [0.2, 0.25) is 5.91 Å². The molecule has 2 aromatic heterocycles. The Hall–Kier alpha value is -2.11. The van der Waals surface area contributed by atoms with E-state index >= 15 is 0 Å². The normalized spacial score (nSPS) is 18.2. The van der Waals surface area contributed by atoms with Gasteiger partial charge in [-0.15, -0.1) is 0 Å². The van der Waals surface area contributed by atoms with Gasteiger partial charge in [0.1, 0.15) is 5.82 Å². The molecular formula is C16H23N5O. The third-order valence-corrected chi connectivity index (χ3v) is 4.51. The Morgan fingerprint density at radius 2 is 2.18 bits per heavy atom. The molecule has 1 saturated heterocycles. The van der Waals surface area contributed by atoms with E-state index in [1.165, 1.54) is 0 Å². The van der Waals surface area contributed by atoms with Crippen LogP contribution in [0.2, 0.25) is 0 Å². The molecule has 1 N–H and O–H groups in total. The highest BCUT2D eigenvalue weighted by Crippen LogP contribution is 2.31. The van der Waals surface area contributed by atoms with Crippen molar-refractivity contribution in [2.75, 3.05) is 6.54 Å². The third kappa shape index (κ3) is 2.53. The largest absolute Gasteiger partial charge is 0.336 e. The number of carbonyl (C=O) groups excluding carboxylic acids is 1. The monoisotopic (exact) mass is 301 g/mol. The first-order valence-corrected chi connectivity index (χ1v) is 7.77. The van der Waals surface area contributed by atoms with E-state index < -0.39 is 0 Å². The molecule has 0 unspecified atom stereocenters. The second-order valence-electron chi connectivity index (χ2n) is 6.19. The molecule has 3 rings (SSSR count). The Balaban J connectivity index is 1.81. The first-order valence-electron chi connectivity index (χ1n) is 7.77. The Bertz CT molecular complexity index is 680. The molecule has 118 valence electrons. The van der Waals surface area contributed by atoms with Gasteiger partial charge in [-0.1, -0.05) is 0 Å². The number of aromatic amines is 1. The Labute approximate surface area is 130 Å². The van der Waals surface area contributed by atoms with Crippen molar-refractivity contribution in [1.29, 1.82) is 0 Å². The van der Waals surface area contributed by atoms with Crippen LogP contribution in [-0.4, -0.2) is 37.1 Å². The number of amides is 1. The molecule has 1 aliphatic heterocycles. The molecule has 0 aliphatic carbocycles. The van der Waals surface area contributed by atoms with Gasteiger partial charge in [-0.05, 0) is 33.6 Å². The van der Waals surface area contributed by atoms with Crippen molar-refractivity contribution in [3.8, 4) is 0 Å². The summed E-state index contributed by atoms with van der Waals surface area (Å²) >= 11 is 0. The molecule has 1 atom stereocenters. The van der Waals surface area contributed by atoms with E-state index in [0.717, 1.165) is 47.9 Å². The highest BCUT2D eigenvalue weighted by atomic mass is 16.2. The van der Waals surface area contributed by atoms with Crippen LogP contribution in [0.3, 0.4) is 0 Å². The van der Waals surface area contributed by atoms with Crippen molar-refractivity contribution >= 4 is 5.91 Å². The van der Waals surface area contributed by atoms with Gasteiger partial charge in [0.25, 0.3) is 0 Å². The van der Waals surface area contributed by atoms with Gasteiger partial charge in [0, 0.05) is 31.0 Å².